The second kappa shape index (κ2) is 20.6. The summed E-state index contributed by atoms with van der Waals surface area (Å²) in [4.78, 5) is 69.9. The summed E-state index contributed by atoms with van der Waals surface area (Å²) in [7, 11) is -3.60. The zero-order valence-corrected chi connectivity index (χ0v) is 30.9. The second-order valence-electron chi connectivity index (χ2n) is 13.2. The lowest BCUT2D eigenvalue weighted by Crippen LogP contribution is -2.55. The van der Waals surface area contributed by atoms with E-state index in [1.165, 1.54) is 6.07 Å². The number of nitrogens with two attached hydrogens (primary N) is 1. The molecular weight excluding hydrogens is 686 g/mol. The van der Waals surface area contributed by atoms with Gasteiger partial charge in [-0.3, -0.25) is 19.2 Å². The van der Waals surface area contributed by atoms with Crippen LogP contribution in [-0.4, -0.2) is 112 Å². The largest absolute Gasteiger partial charge is 0.377 e. The van der Waals surface area contributed by atoms with Gasteiger partial charge >= 0.3 is 6.03 Å². The van der Waals surface area contributed by atoms with Gasteiger partial charge in [-0.2, -0.15) is 0 Å². The van der Waals surface area contributed by atoms with Crippen molar-refractivity contribution < 1.29 is 46.6 Å². The van der Waals surface area contributed by atoms with Gasteiger partial charge < -0.3 is 41.2 Å². The van der Waals surface area contributed by atoms with E-state index in [-0.39, 0.29) is 61.8 Å². The van der Waals surface area contributed by atoms with E-state index in [9.17, 15) is 32.4 Å². The number of carbonyl (C=O) groups excluding carboxylic acids is 5. The molecule has 2 aromatic rings. The number of primary amides is 1. The quantitative estimate of drug-likeness (QED) is 0.0842. The summed E-state index contributed by atoms with van der Waals surface area (Å²) in [6.07, 6.45) is 3.70. The van der Waals surface area contributed by atoms with Crippen LogP contribution in [0, 0.1) is 11.3 Å². The number of rotatable bonds is 22. The summed E-state index contributed by atoms with van der Waals surface area (Å²) in [6, 6.07) is 2.34. The van der Waals surface area contributed by atoms with Crippen LogP contribution >= 0.6 is 0 Å². The molecule has 51 heavy (non-hydrogen) atoms. The number of unbranched alkanes of at least 4 members (excludes halogenated alkanes) is 1. The van der Waals surface area contributed by atoms with Gasteiger partial charge in [0.05, 0.1) is 38.0 Å². The average Bonchev–Trinajstić information content (AvgIpc) is 3.03. The third-order valence-corrected chi connectivity index (χ3v) is 8.33. The number of aromatic nitrogens is 2. The molecule has 6 N–H and O–H groups in total. The minimum Gasteiger partial charge on any atom is -0.377 e. The fraction of sp³-hybridized carbons (Fsp3) is 0.606. The van der Waals surface area contributed by atoms with Crippen molar-refractivity contribution in [2.24, 2.45) is 17.1 Å². The number of sulfone groups is 1. The Morgan fingerprint density at radius 2 is 1.51 bits per heavy atom. The highest BCUT2D eigenvalue weighted by Gasteiger charge is 2.33. The molecule has 0 aliphatic carbocycles. The van der Waals surface area contributed by atoms with Crippen molar-refractivity contribution in [3.05, 3.63) is 24.5 Å². The number of Topliss-reactive ketones (excluding diaryl/α,β-unsaturated/α-hetero) is 1. The zero-order valence-electron chi connectivity index (χ0n) is 30.1. The van der Waals surface area contributed by atoms with Gasteiger partial charge in [-0.05, 0) is 43.4 Å². The molecular formula is C33H51N7O10S. The molecule has 0 unspecified atom stereocenters. The van der Waals surface area contributed by atoms with Crippen molar-refractivity contribution in [3.63, 3.8) is 0 Å². The Kier molecular flexibility index (Phi) is 17.3. The Morgan fingerprint density at radius 1 is 0.882 bits per heavy atom. The van der Waals surface area contributed by atoms with Crippen LogP contribution in [0.15, 0.2) is 29.6 Å². The van der Waals surface area contributed by atoms with Crippen LogP contribution in [0.2, 0.25) is 0 Å². The average molecular weight is 738 g/mol. The minimum absolute atomic E-state index is 0.0837. The molecule has 2 atom stereocenters. The molecule has 1 heterocycles. The number of ketones is 1. The maximum absolute atomic E-state index is 13.2. The van der Waals surface area contributed by atoms with Gasteiger partial charge in [-0.1, -0.05) is 34.6 Å². The molecule has 5 amide bonds. The highest BCUT2D eigenvalue weighted by molar-refractivity contribution is 7.90. The SMILES string of the molecule is CC(C)[C@H](NC(=O)COCCOCCOCC(=O)Nc1ccc2ncnc(S(C)(=O)=O)c2c1)C(=O)N[C@@H](CCCCNC(N)=O)C(=O)C(C)(C)C. The molecule has 1 aromatic heterocycles. The molecule has 0 aliphatic heterocycles. The fourth-order valence-electron chi connectivity index (χ4n) is 4.76. The van der Waals surface area contributed by atoms with Crippen LogP contribution in [0.1, 0.15) is 53.9 Å². The summed E-state index contributed by atoms with van der Waals surface area (Å²) in [5.74, 6) is -1.88. The van der Waals surface area contributed by atoms with Crippen LogP contribution in [0.4, 0.5) is 10.5 Å². The lowest BCUT2D eigenvalue weighted by Gasteiger charge is -2.28. The fourth-order valence-corrected chi connectivity index (χ4v) is 5.56. The van der Waals surface area contributed by atoms with E-state index in [4.69, 9.17) is 19.9 Å². The first-order chi connectivity index (χ1) is 23.9. The van der Waals surface area contributed by atoms with Gasteiger partial charge in [0.1, 0.15) is 25.6 Å². The highest BCUT2D eigenvalue weighted by Crippen LogP contribution is 2.23. The molecule has 0 saturated carbocycles. The summed E-state index contributed by atoms with van der Waals surface area (Å²) in [5, 5.41) is 10.8. The van der Waals surface area contributed by atoms with Gasteiger partial charge in [0.2, 0.25) is 17.7 Å². The molecule has 0 fully saturated rings. The molecule has 1 aromatic carbocycles. The molecule has 0 spiro atoms. The standard InChI is InChI=1S/C33H51N7O10S/c1-21(2)28(30(44)39-25(29(43)33(3,4)5)9-7-8-12-35-32(34)45)40-27(42)19-50-16-14-48-13-15-49-18-26(41)38-22-10-11-24-23(17-22)31(37-20-36-24)51(6,46)47/h10-11,17,20-21,25,28H,7-9,12-16,18-19H2,1-6H3,(H,38,41)(H,39,44)(H,40,42)(H3,34,35,45)/t25-,28-/m0/s1. The van der Waals surface area contributed by atoms with Crippen molar-refractivity contribution in [2.75, 3.05) is 57.8 Å². The van der Waals surface area contributed by atoms with Crippen LogP contribution < -0.4 is 27.0 Å². The number of carbonyl (C=O) groups is 5. The van der Waals surface area contributed by atoms with Crippen molar-refractivity contribution in [2.45, 2.75) is 71.0 Å². The smallest absolute Gasteiger partial charge is 0.312 e. The number of ether oxygens (including phenoxy) is 3. The molecule has 0 saturated heterocycles. The van der Waals surface area contributed by atoms with Crippen LogP contribution in [0.25, 0.3) is 10.9 Å². The Hall–Kier alpha value is -4.26. The van der Waals surface area contributed by atoms with E-state index >= 15 is 0 Å². The Balaban J connectivity index is 1.69. The predicted octanol–water partition coefficient (Wildman–Crippen LogP) is 1.10. The predicted molar refractivity (Wildman–Crippen MR) is 188 cm³/mol. The van der Waals surface area contributed by atoms with E-state index in [1.54, 1.807) is 46.8 Å². The van der Waals surface area contributed by atoms with Crippen LogP contribution in [-0.2, 0) is 43.2 Å². The number of hydrogen-bond acceptors (Lipinski definition) is 12. The van der Waals surface area contributed by atoms with E-state index in [2.05, 4.69) is 31.2 Å². The lowest BCUT2D eigenvalue weighted by molar-refractivity contribution is -0.136. The number of urea groups is 1. The van der Waals surface area contributed by atoms with Gasteiger partial charge in [0.15, 0.2) is 20.6 Å². The normalized spacial score (nSPS) is 13.0. The topological polar surface area (TPSA) is 247 Å². The van der Waals surface area contributed by atoms with Crippen molar-refractivity contribution in [3.8, 4) is 0 Å². The molecule has 0 bridgehead atoms. The van der Waals surface area contributed by atoms with E-state index < -0.39 is 51.1 Å². The zero-order chi connectivity index (χ0) is 38.2. The van der Waals surface area contributed by atoms with Crippen molar-refractivity contribution in [1.82, 2.24) is 25.9 Å². The number of benzene rings is 1. The maximum Gasteiger partial charge on any atom is 0.312 e. The third kappa shape index (κ3) is 15.7. The molecule has 284 valence electrons. The number of amides is 5. The summed E-state index contributed by atoms with van der Waals surface area (Å²) < 4.78 is 40.2. The van der Waals surface area contributed by atoms with Crippen molar-refractivity contribution >= 4 is 56.0 Å². The van der Waals surface area contributed by atoms with Gasteiger partial charge in [0.25, 0.3) is 0 Å². The monoisotopic (exact) mass is 737 g/mol. The second-order valence-corrected chi connectivity index (χ2v) is 15.1. The van der Waals surface area contributed by atoms with E-state index in [0.717, 1.165) is 12.6 Å². The number of anilines is 1. The van der Waals surface area contributed by atoms with Crippen LogP contribution in [0.5, 0.6) is 0 Å². The molecule has 18 heteroatoms. The minimum atomic E-state index is -3.60. The van der Waals surface area contributed by atoms with E-state index in [1.807, 2.05) is 0 Å². The van der Waals surface area contributed by atoms with Crippen LogP contribution in [0.3, 0.4) is 0 Å². The lowest BCUT2D eigenvalue weighted by atomic mass is 9.84. The molecule has 0 radical (unpaired) electrons. The first-order valence-electron chi connectivity index (χ1n) is 16.6. The number of fused-ring (bicyclic) bond motifs is 1. The molecule has 17 nitrogen and oxygen atoms in total. The molecule has 0 aliphatic rings. The summed E-state index contributed by atoms with van der Waals surface area (Å²) >= 11 is 0. The third-order valence-electron chi connectivity index (χ3n) is 7.30. The maximum atomic E-state index is 13.2. The Morgan fingerprint density at radius 3 is 2.10 bits per heavy atom. The first kappa shape index (κ1) is 42.9. The Bertz CT molecular complexity index is 1610. The number of nitrogens with zero attached hydrogens (tertiary/aromatic N) is 2. The Labute approximate surface area is 298 Å². The van der Waals surface area contributed by atoms with Gasteiger partial charge in [0, 0.05) is 29.3 Å². The van der Waals surface area contributed by atoms with Gasteiger partial charge in [-0.25, -0.2) is 23.2 Å². The number of nitrogens with one attached hydrogen (secondary N) is 4. The number of hydrogen-bond donors (Lipinski definition) is 5. The van der Waals surface area contributed by atoms with Gasteiger partial charge in [-0.15, -0.1) is 0 Å². The summed E-state index contributed by atoms with van der Waals surface area (Å²) in [6.45, 7) is 9.10. The van der Waals surface area contributed by atoms with Crippen molar-refractivity contribution in [1.29, 1.82) is 0 Å². The molecule has 2 rings (SSSR count). The van der Waals surface area contributed by atoms with E-state index in [0.29, 0.717) is 37.0 Å². The highest BCUT2D eigenvalue weighted by atomic mass is 32.2. The summed E-state index contributed by atoms with van der Waals surface area (Å²) in [5.41, 5.74) is 5.15. The first-order valence-corrected chi connectivity index (χ1v) is 18.4.